The van der Waals surface area contributed by atoms with Crippen LogP contribution in [0, 0.1) is 23.7 Å². The maximum atomic E-state index is 11.0. The zero-order valence-corrected chi connectivity index (χ0v) is 9.06. The fourth-order valence-electron chi connectivity index (χ4n) is 3.22. The van der Waals surface area contributed by atoms with Crippen LogP contribution in [0.2, 0.25) is 0 Å². The van der Waals surface area contributed by atoms with Gasteiger partial charge in [-0.05, 0) is 43.7 Å². The van der Waals surface area contributed by atoms with E-state index in [2.05, 4.69) is 5.32 Å². The third-order valence-electron chi connectivity index (χ3n) is 3.96. The van der Waals surface area contributed by atoms with E-state index in [1.54, 1.807) is 0 Å². The molecule has 0 radical (unpaired) electrons. The fourth-order valence-corrected chi connectivity index (χ4v) is 3.22. The molecule has 2 rings (SSSR count). The van der Waals surface area contributed by atoms with Crippen molar-refractivity contribution in [3.05, 3.63) is 0 Å². The number of fused-ring (bicyclic) bond motifs is 2. The van der Waals surface area contributed by atoms with E-state index in [0.29, 0.717) is 12.8 Å². The van der Waals surface area contributed by atoms with E-state index in [1.165, 1.54) is 0 Å². The van der Waals surface area contributed by atoms with Gasteiger partial charge < -0.3 is 15.5 Å². The van der Waals surface area contributed by atoms with Crippen molar-refractivity contribution in [1.29, 1.82) is 0 Å². The second kappa shape index (κ2) is 4.41. The summed E-state index contributed by atoms with van der Waals surface area (Å²) in [6, 6.07) is 0. The highest BCUT2D eigenvalue weighted by atomic mass is 16.4. The topological polar surface area (TPSA) is 86.6 Å². The van der Waals surface area contributed by atoms with Gasteiger partial charge in [0.15, 0.2) is 0 Å². The van der Waals surface area contributed by atoms with E-state index in [0.717, 1.165) is 13.1 Å². The molecule has 2 bridgehead atoms. The van der Waals surface area contributed by atoms with Crippen molar-refractivity contribution < 1.29 is 19.8 Å². The standard InChI is InChI=1S/C11H17NO4/c13-10(14)3-9-7-1-6(11(15)16)2-8(9)5-12-4-7/h6-9,12H,1-5H2,(H,13,14)(H,15,16). The van der Waals surface area contributed by atoms with E-state index in [-0.39, 0.29) is 30.1 Å². The molecule has 0 aromatic carbocycles. The molecule has 16 heavy (non-hydrogen) atoms. The van der Waals surface area contributed by atoms with Crippen molar-refractivity contribution in [2.24, 2.45) is 23.7 Å². The lowest BCUT2D eigenvalue weighted by Gasteiger charge is -2.44. The fraction of sp³-hybridized carbons (Fsp3) is 0.818. The normalized spacial score (nSPS) is 38.0. The Balaban J connectivity index is 2.07. The molecule has 0 spiro atoms. The van der Waals surface area contributed by atoms with Crippen molar-refractivity contribution >= 4 is 11.9 Å². The van der Waals surface area contributed by atoms with Crippen LogP contribution in [-0.4, -0.2) is 35.2 Å². The zero-order chi connectivity index (χ0) is 11.7. The molecule has 2 fully saturated rings. The second-order valence-electron chi connectivity index (χ2n) is 4.95. The molecule has 2 unspecified atom stereocenters. The van der Waals surface area contributed by atoms with E-state index >= 15 is 0 Å². The molecule has 0 aromatic rings. The highest BCUT2D eigenvalue weighted by molar-refractivity contribution is 5.70. The molecule has 2 aliphatic rings. The molecule has 1 heterocycles. The Morgan fingerprint density at radius 1 is 1.12 bits per heavy atom. The average molecular weight is 227 g/mol. The third-order valence-corrected chi connectivity index (χ3v) is 3.96. The predicted octanol–water partition coefficient (Wildman–Crippen LogP) is 0.407. The SMILES string of the molecule is O=C(O)CC1C2CNCC1CC(C(=O)O)C2. The Labute approximate surface area is 93.8 Å². The van der Waals surface area contributed by atoms with Crippen LogP contribution in [0.25, 0.3) is 0 Å². The number of piperidine rings is 1. The van der Waals surface area contributed by atoms with Crippen LogP contribution in [0.3, 0.4) is 0 Å². The molecule has 0 amide bonds. The molecular weight excluding hydrogens is 210 g/mol. The lowest BCUT2D eigenvalue weighted by molar-refractivity contribution is -0.146. The van der Waals surface area contributed by atoms with Crippen molar-refractivity contribution in [1.82, 2.24) is 5.32 Å². The third kappa shape index (κ3) is 2.19. The summed E-state index contributed by atoms with van der Waals surface area (Å²) in [4.78, 5) is 21.8. The summed E-state index contributed by atoms with van der Waals surface area (Å²) < 4.78 is 0. The summed E-state index contributed by atoms with van der Waals surface area (Å²) >= 11 is 0. The van der Waals surface area contributed by atoms with Gasteiger partial charge in [0, 0.05) is 6.42 Å². The first-order chi connectivity index (χ1) is 7.58. The zero-order valence-electron chi connectivity index (χ0n) is 9.06. The van der Waals surface area contributed by atoms with Crippen molar-refractivity contribution in [2.75, 3.05) is 13.1 Å². The Bertz CT molecular complexity index is 290. The highest BCUT2D eigenvalue weighted by Crippen LogP contribution is 2.41. The summed E-state index contributed by atoms with van der Waals surface area (Å²) in [7, 11) is 0. The summed E-state index contributed by atoms with van der Waals surface area (Å²) in [6.07, 6.45) is 1.43. The van der Waals surface area contributed by atoms with Gasteiger partial charge in [-0.3, -0.25) is 9.59 Å². The number of carboxylic acid groups (broad SMARTS) is 2. The average Bonchev–Trinajstić information content (AvgIpc) is 2.15. The summed E-state index contributed by atoms with van der Waals surface area (Å²) in [5.74, 6) is -1.19. The maximum Gasteiger partial charge on any atom is 0.306 e. The maximum absolute atomic E-state index is 11.0. The second-order valence-corrected chi connectivity index (χ2v) is 4.95. The first kappa shape index (κ1) is 11.4. The summed E-state index contributed by atoms with van der Waals surface area (Å²) in [5, 5.41) is 21.1. The molecule has 1 saturated heterocycles. The highest BCUT2D eigenvalue weighted by Gasteiger charge is 2.43. The molecule has 1 aliphatic heterocycles. The van der Waals surface area contributed by atoms with Gasteiger partial charge in [-0.25, -0.2) is 0 Å². The summed E-state index contributed by atoms with van der Waals surface area (Å²) in [5.41, 5.74) is 0. The first-order valence-corrected chi connectivity index (χ1v) is 5.73. The van der Waals surface area contributed by atoms with Crippen LogP contribution in [0.4, 0.5) is 0 Å². The minimum Gasteiger partial charge on any atom is -0.481 e. The van der Waals surface area contributed by atoms with Crippen LogP contribution in [-0.2, 0) is 9.59 Å². The molecule has 90 valence electrons. The van der Waals surface area contributed by atoms with Crippen molar-refractivity contribution in [2.45, 2.75) is 19.3 Å². The van der Waals surface area contributed by atoms with Gasteiger partial charge in [0.2, 0.25) is 0 Å². The Hall–Kier alpha value is -1.10. The number of carbonyl (C=O) groups is 2. The number of rotatable bonds is 3. The Morgan fingerprint density at radius 2 is 1.69 bits per heavy atom. The monoisotopic (exact) mass is 227 g/mol. The van der Waals surface area contributed by atoms with E-state index < -0.39 is 11.9 Å². The number of hydrogen-bond acceptors (Lipinski definition) is 3. The minimum atomic E-state index is -0.768. The van der Waals surface area contributed by atoms with E-state index in [9.17, 15) is 9.59 Å². The quantitative estimate of drug-likeness (QED) is 0.650. The lowest BCUT2D eigenvalue weighted by Crippen LogP contribution is -2.49. The van der Waals surface area contributed by atoms with Crippen LogP contribution in [0.5, 0.6) is 0 Å². The molecule has 2 atom stereocenters. The predicted molar refractivity (Wildman–Crippen MR) is 56.0 cm³/mol. The Kier molecular flexibility index (Phi) is 3.14. The van der Waals surface area contributed by atoms with Crippen LogP contribution < -0.4 is 5.32 Å². The molecule has 5 nitrogen and oxygen atoms in total. The molecule has 1 saturated carbocycles. The van der Waals surface area contributed by atoms with Gasteiger partial charge in [0.25, 0.3) is 0 Å². The number of aliphatic carboxylic acids is 2. The molecule has 5 heteroatoms. The van der Waals surface area contributed by atoms with Gasteiger partial charge in [-0.1, -0.05) is 0 Å². The van der Waals surface area contributed by atoms with Gasteiger partial charge in [-0.15, -0.1) is 0 Å². The molecule has 1 aliphatic carbocycles. The lowest BCUT2D eigenvalue weighted by atomic mass is 9.64. The molecule has 3 N–H and O–H groups in total. The van der Waals surface area contributed by atoms with Gasteiger partial charge >= 0.3 is 11.9 Å². The Morgan fingerprint density at radius 3 is 2.12 bits per heavy atom. The smallest absolute Gasteiger partial charge is 0.306 e. The number of hydrogen-bond donors (Lipinski definition) is 3. The first-order valence-electron chi connectivity index (χ1n) is 5.73. The number of carboxylic acids is 2. The van der Waals surface area contributed by atoms with Crippen molar-refractivity contribution in [3.63, 3.8) is 0 Å². The van der Waals surface area contributed by atoms with Gasteiger partial charge in [0.1, 0.15) is 0 Å². The van der Waals surface area contributed by atoms with E-state index in [1.807, 2.05) is 0 Å². The summed E-state index contributed by atoms with van der Waals surface area (Å²) in [6.45, 7) is 1.52. The molecule has 0 aromatic heterocycles. The van der Waals surface area contributed by atoms with Crippen LogP contribution in [0.1, 0.15) is 19.3 Å². The van der Waals surface area contributed by atoms with Gasteiger partial charge in [-0.2, -0.15) is 0 Å². The van der Waals surface area contributed by atoms with Crippen LogP contribution in [0.15, 0.2) is 0 Å². The van der Waals surface area contributed by atoms with Crippen LogP contribution >= 0.6 is 0 Å². The molecular formula is C11H17NO4. The van der Waals surface area contributed by atoms with Gasteiger partial charge in [0.05, 0.1) is 5.92 Å². The van der Waals surface area contributed by atoms with E-state index in [4.69, 9.17) is 10.2 Å². The van der Waals surface area contributed by atoms with Crippen molar-refractivity contribution in [3.8, 4) is 0 Å². The number of nitrogens with one attached hydrogen (secondary N) is 1. The largest absolute Gasteiger partial charge is 0.481 e. The minimum absolute atomic E-state index is 0.161.